The molecule has 2 aromatic heterocycles. The fraction of sp³-hybridized carbons (Fsp3) is 0.136. The molecule has 0 aliphatic carbocycles. The van der Waals surface area contributed by atoms with E-state index in [0.29, 0.717) is 23.3 Å². The number of anilines is 1. The van der Waals surface area contributed by atoms with Crippen LogP contribution in [0.15, 0.2) is 71.9 Å². The highest BCUT2D eigenvalue weighted by atomic mass is 16.2. The van der Waals surface area contributed by atoms with E-state index in [2.05, 4.69) is 15.3 Å². The summed E-state index contributed by atoms with van der Waals surface area (Å²) in [4.78, 5) is 33.5. The number of hydrogen-bond acceptors (Lipinski definition) is 4. The van der Waals surface area contributed by atoms with Gasteiger partial charge in [-0.3, -0.25) is 9.59 Å². The Morgan fingerprint density at radius 1 is 1.14 bits per heavy atom. The molecule has 2 heterocycles. The van der Waals surface area contributed by atoms with E-state index in [9.17, 15) is 9.59 Å². The number of likely N-dealkylation sites (N-methyl/N-ethyl adjacent to an activating group) is 1. The van der Waals surface area contributed by atoms with Gasteiger partial charge in [0.1, 0.15) is 11.0 Å². The average Bonchev–Trinajstić information content (AvgIpc) is 3.09. The molecule has 1 amide bonds. The van der Waals surface area contributed by atoms with E-state index < -0.39 is 0 Å². The molecule has 7 heteroatoms. The van der Waals surface area contributed by atoms with Crippen LogP contribution in [-0.4, -0.2) is 46.0 Å². The first kappa shape index (κ1) is 18.6. The molecule has 0 atom stereocenters. The molecule has 0 bridgehead atoms. The van der Waals surface area contributed by atoms with Gasteiger partial charge in [0.05, 0.1) is 12.9 Å². The predicted octanol–water partition coefficient (Wildman–Crippen LogP) is 2.88. The van der Waals surface area contributed by atoms with E-state index in [0.717, 1.165) is 16.8 Å². The van der Waals surface area contributed by atoms with E-state index in [1.54, 1.807) is 0 Å². The summed E-state index contributed by atoms with van der Waals surface area (Å²) in [6.45, 7) is 0.300. The monoisotopic (exact) mass is 387 g/mol. The van der Waals surface area contributed by atoms with Gasteiger partial charge in [-0.2, -0.15) is 0 Å². The first-order chi connectivity index (χ1) is 14.0. The molecule has 29 heavy (non-hydrogen) atoms. The van der Waals surface area contributed by atoms with Crippen LogP contribution < -0.4 is 10.9 Å². The number of aromatic nitrogens is 3. The Balaban J connectivity index is 1.81. The number of nitrogens with one attached hydrogen (secondary N) is 2. The van der Waals surface area contributed by atoms with Crippen molar-refractivity contribution in [1.29, 1.82) is 0 Å². The van der Waals surface area contributed by atoms with Crippen molar-refractivity contribution >= 4 is 22.6 Å². The van der Waals surface area contributed by atoms with Crippen LogP contribution in [0.3, 0.4) is 0 Å². The van der Waals surface area contributed by atoms with Gasteiger partial charge in [-0.25, -0.2) is 4.98 Å². The van der Waals surface area contributed by atoms with Crippen molar-refractivity contribution < 1.29 is 4.79 Å². The Labute approximate surface area is 167 Å². The number of hydrogen-bond donors (Lipinski definition) is 2. The lowest BCUT2D eigenvalue weighted by Crippen LogP contribution is -2.27. The van der Waals surface area contributed by atoms with Crippen molar-refractivity contribution in [3.63, 3.8) is 0 Å². The molecule has 0 aliphatic rings. The van der Waals surface area contributed by atoms with Crippen molar-refractivity contribution in [2.75, 3.05) is 26.0 Å². The van der Waals surface area contributed by atoms with Crippen LogP contribution in [0, 0.1) is 0 Å². The number of aromatic amines is 1. The Morgan fingerprint density at radius 2 is 1.93 bits per heavy atom. The fourth-order valence-corrected chi connectivity index (χ4v) is 3.32. The largest absolute Gasteiger partial charge is 0.325 e. The highest BCUT2D eigenvalue weighted by Crippen LogP contribution is 2.31. The SMILES string of the molecule is CN(C)CC(=O)Nc1cccc(-c2cn(-c3ccccc3)c3c(=O)[nH]cnc23)c1. The van der Waals surface area contributed by atoms with Crippen molar-refractivity contribution in [2.45, 2.75) is 0 Å². The van der Waals surface area contributed by atoms with Crippen molar-refractivity contribution in [2.24, 2.45) is 0 Å². The molecule has 146 valence electrons. The first-order valence-corrected chi connectivity index (χ1v) is 9.22. The zero-order valence-electron chi connectivity index (χ0n) is 16.2. The topological polar surface area (TPSA) is 83.0 Å². The summed E-state index contributed by atoms with van der Waals surface area (Å²) in [5.74, 6) is -0.0894. The van der Waals surface area contributed by atoms with Crippen molar-refractivity contribution in [3.8, 4) is 16.8 Å². The minimum absolute atomic E-state index is 0.0894. The van der Waals surface area contributed by atoms with Crippen molar-refractivity contribution in [1.82, 2.24) is 19.4 Å². The molecule has 0 fully saturated rings. The second kappa shape index (κ2) is 7.73. The summed E-state index contributed by atoms with van der Waals surface area (Å²) < 4.78 is 1.84. The van der Waals surface area contributed by atoms with Gasteiger partial charge >= 0.3 is 0 Å². The number of carbonyl (C=O) groups excluding carboxylic acids is 1. The normalized spacial score (nSPS) is 11.1. The van der Waals surface area contributed by atoms with Gasteiger partial charge in [-0.1, -0.05) is 30.3 Å². The van der Waals surface area contributed by atoms with Crippen LogP contribution in [-0.2, 0) is 4.79 Å². The van der Waals surface area contributed by atoms with E-state index in [-0.39, 0.29) is 11.5 Å². The highest BCUT2D eigenvalue weighted by Gasteiger charge is 2.16. The van der Waals surface area contributed by atoms with Crippen LogP contribution in [0.1, 0.15) is 0 Å². The Kier molecular flexibility index (Phi) is 4.97. The first-order valence-electron chi connectivity index (χ1n) is 9.22. The molecule has 0 aliphatic heterocycles. The summed E-state index contributed by atoms with van der Waals surface area (Å²) in [6, 6.07) is 17.2. The van der Waals surface area contributed by atoms with Gasteiger partial charge in [0, 0.05) is 23.1 Å². The van der Waals surface area contributed by atoms with Gasteiger partial charge in [-0.05, 0) is 43.9 Å². The number of rotatable bonds is 5. The summed E-state index contributed by atoms with van der Waals surface area (Å²) in [7, 11) is 3.69. The number of carbonyl (C=O) groups is 1. The third kappa shape index (κ3) is 3.81. The number of H-pyrrole nitrogens is 1. The lowest BCUT2D eigenvalue weighted by atomic mass is 10.1. The van der Waals surface area contributed by atoms with Crippen LogP contribution in [0.2, 0.25) is 0 Å². The second-order valence-electron chi connectivity index (χ2n) is 7.04. The molecule has 7 nitrogen and oxygen atoms in total. The standard InChI is InChI=1S/C22H21N5O2/c1-26(2)13-19(28)25-16-8-6-7-15(11-16)18-12-27(17-9-4-3-5-10-17)21-20(18)23-14-24-22(21)29/h3-12,14H,13H2,1-2H3,(H,25,28)(H,23,24,29). The molecule has 2 N–H and O–H groups in total. The van der Waals surface area contributed by atoms with Crippen LogP contribution >= 0.6 is 0 Å². The number of nitrogens with zero attached hydrogens (tertiary/aromatic N) is 3. The molecular formula is C22H21N5O2. The van der Waals surface area contributed by atoms with E-state index in [4.69, 9.17) is 0 Å². The lowest BCUT2D eigenvalue weighted by Gasteiger charge is -2.10. The zero-order chi connectivity index (χ0) is 20.4. The Hall–Kier alpha value is -3.71. The summed E-state index contributed by atoms with van der Waals surface area (Å²) in [6.07, 6.45) is 3.31. The average molecular weight is 387 g/mol. The number of para-hydroxylation sites is 1. The van der Waals surface area contributed by atoms with Gasteiger partial charge < -0.3 is 19.8 Å². The summed E-state index contributed by atoms with van der Waals surface area (Å²) >= 11 is 0. The van der Waals surface area contributed by atoms with Crippen molar-refractivity contribution in [3.05, 3.63) is 77.5 Å². The molecule has 2 aromatic carbocycles. The molecule has 0 spiro atoms. The molecule has 0 saturated heterocycles. The minimum Gasteiger partial charge on any atom is -0.325 e. The van der Waals surface area contributed by atoms with Gasteiger partial charge in [0.2, 0.25) is 5.91 Å². The molecule has 4 aromatic rings. The van der Waals surface area contributed by atoms with E-state index >= 15 is 0 Å². The van der Waals surface area contributed by atoms with Crippen LogP contribution in [0.25, 0.3) is 27.8 Å². The van der Waals surface area contributed by atoms with Gasteiger partial charge in [0.15, 0.2) is 0 Å². The fourth-order valence-electron chi connectivity index (χ4n) is 3.32. The van der Waals surface area contributed by atoms with Gasteiger partial charge in [0.25, 0.3) is 5.56 Å². The molecular weight excluding hydrogens is 366 g/mol. The highest BCUT2D eigenvalue weighted by molar-refractivity contribution is 5.96. The van der Waals surface area contributed by atoms with E-state index in [1.807, 2.05) is 84.4 Å². The predicted molar refractivity (Wildman–Crippen MR) is 114 cm³/mol. The lowest BCUT2D eigenvalue weighted by molar-refractivity contribution is -0.116. The number of amides is 1. The maximum atomic E-state index is 12.6. The minimum atomic E-state index is -0.208. The molecule has 0 unspecified atom stereocenters. The molecule has 0 radical (unpaired) electrons. The summed E-state index contributed by atoms with van der Waals surface area (Å²) in [5.41, 5.74) is 4.13. The molecule has 0 saturated carbocycles. The number of benzene rings is 2. The zero-order valence-corrected chi connectivity index (χ0v) is 16.2. The van der Waals surface area contributed by atoms with Gasteiger partial charge in [-0.15, -0.1) is 0 Å². The second-order valence-corrected chi connectivity index (χ2v) is 7.04. The summed E-state index contributed by atoms with van der Waals surface area (Å²) in [5, 5.41) is 2.91. The Bertz CT molecular complexity index is 1220. The number of fused-ring (bicyclic) bond motifs is 1. The maximum Gasteiger partial charge on any atom is 0.275 e. The van der Waals surface area contributed by atoms with Crippen LogP contribution in [0.4, 0.5) is 5.69 Å². The van der Waals surface area contributed by atoms with Crippen LogP contribution in [0.5, 0.6) is 0 Å². The third-order valence-corrected chi connectivity index (χ3v) is 4.53. The quantitative estimate of drug-likeness (QED) is 0.552. The maximum absolute atomic E-state index is 12.6. The third-order valence-electron chi connectivity index (χ3n) is 4.53. The smallest absolute Gasteiger partial charge is 0.275 e. The molecule has 4 rings (SSSR count). The Morgan fingerprint density at radius 3 is 2.69 bits per heavy atom. The van der Waals surface area contributed by atoms with E-state index in [1.165, 1.54) is 6.33 Å².